The number of nitrogens with zero attached hydrogens (tertiary/aromatic N) is 2. The average Bonchev–Trinajstić information content (AvgIpc) is 2.74. The van der Waals surface area contributed by atoms with Crippen LogP contribution in [0.25, 0.3) is 10.9 Å². The Hall–Kier alpha value is -2.92. The first kappa shape index (κ1) is 18.4. The highest BCUT2D eigenvalue weighted by Gasteiger charge is 2.28. The number of amides is 2. The molecule has 0 unspecified atom stereocenters. The predicted molar refractivity (Wildman–Crippen MR) is 110 cm³/mol. The van der Waals surface area contributed by atoms with Gasteiger partial charge in [-0.05, 0) is 60.7 Å². The molecule has 1 aromatic heterocycles. The van der Waals surface area contributed by atoms with Crippen molar-refractivity contribution in [2.24, 2.45) is 0 Å². The van der Waals surface area contributed by atoms with Crippen LogP contribution in [0.3, 0.4) is 0 Å². The average molecular weight is 394 g/mol. The lowest BCUT2D eigenvalue weighted by molar-refractivity contribution is -0.143. The number of likely N-dealkylation sites (tertiary alicyclic amines) is 1. The Morgan fingerprint density at radius 1 is 1.00 bits per heavy atom. The maximum absolute atomic E-state index is 12.5. The summed E-state index contributed by atoms with van der Waals surface area (Å²) in [5.41, 5.74) is 2.81. The third-order valence-corrected chi connectivity index (χ3v) is 5.45. The van der Waals surface area contributed by atoms with Crippen molar-refractivity contribution in [3.05, 3.63) is 71.4 Å². The Balaban J connectivity index is 1.40. The van der Waals surface area contributed by atoms with Crippen LogP contribution in [-0.4, -0.2) is 34.8 Å². The van der Waals surface area contributed by atoms with Gasteiger partial charge in [-0.2, -0.15) is 0 Å². The van der Waals surface area contributed by atoms with Gasteiger partial charge in [-0.25, -0.2) is 0 Å². The van der Waals surface area contributed by atoms with E-state index in [0.29, 0.717) is 29.7 Å². The minimum Gasteiger partial charge on any atom is -0.334 e. The second-order valence-corrected chi connectivity index (χ2v) is 7.38. The number of benzene rings is 2. The van der Waals surface area contributed by atoms with Gasteiger partial charge in [0.1, 0.15) is 0 Å². The molecule has 142 valence electrons. The zero-order chi connectivity index (χ0) is 19.5. The Bertz CT molecular complexity index is 1010. The van der Waals surface area contributed by atoms with Gasteiger partial charge in [0.05, 0.1) is 5.52 Å². The van der Waals surface area contributed by atoms with Crippen LogP contribution in [0.15, 0.2) is 60.8 Å². The van der Waals surface area contributed by atoms with Crippen LogP contribution in [0.4, 0.5) is 5.69 Å². The van der Waals surface area contributed by atoms with Gasteiger partial charge < -0.3 is 10.2 Å². The van der Waals surface area contributed by atoms with Gasteiger partial charge in [-0.15, -0.1) is 0 Å². The molecule has 1 fully saturated rings. The van der Waals surface area contributed by atoms with Crippen molar-refractivity contribution in [3.8, 4) is 0 Å². The number of hydrogen-bond donors (Lipinski definition) is 1. The van der Waals surface area contributed by atoms with Gasteiger partial charge in [0, 0.05) is 35.4 Å². The number of hydrogen-bond acceptors (Lipinski definition) is 3. The number of piperidine rings is 1. The van der Waals surface area contributed by atoms with Gasteiger partial charge >= 0.3 is 11.8 Å². The number of aromatic nitrogens is 1. The SMILES string of the molecule is O=C(Nc1ccc(Cl)cc1)C(=O)N1CCC(c2ccnc3ccccc23)CC1. The number of carbonyl (C=O) groups is 2. The van der Waals surface area contributed by atoms with E-state index in [9.17, 15) is 9.59 Å². The molecule has 2 amide bonds. The molecule has 4 rings (SSSR count). The monoisotopic (exact) mass is 393 g/mol. The fraction of sp³-hybridized carbons (Fsp3) is 0.227. The van der Waals surface area contributed by atoms with Gasteiger partial charge in [0.2, 0.25) is 0 Å². The molecule has 0 atom stereocenters. The van der Waals surface area contributed by atoms with E-state index in [-0.39, 0.29) is 0 Å². The zero-order valence-corrected chi connectivity index (χ0v) is 16.0. The molecule has 0 saturated carbocycles. The van der Waals surface area contributed by atoms with E-state index >= 15 is 0 Å². The Morgan fingerprint density at radius 3 is 2.46 bits per heavy atom. The fourth-order valence-electron chi connectivity index (χ4n) is 3.73. The number of para-hydroxylation sites is 1. The number of rotatable bonds is 2. The van der Waals surface area contributed by atoms with E-state index < -0.39 is 11.8 Å². The van der Waals surface area contributed by atoms with E-state index in [0.717, 1.165) is 23.7 Å². The van der Waals surface area contributed by atoms with Crippen LogP contribution >= 0.6 is 11.6 Å². The normalized spacial score (nSPS) is 14.8. The largest absolute Gasteiger partial charge is 0.334 e. The first-order valence-corrected chi connectivity index (χ1v) is 9.69. The maximum Gasteiger partial charge on any atom is 0.313 e. The van der Waals surface area contributed by atoms with Gasteiger partial charge in [-0.1, -0.05) is 29.8 Å². The summed E-state index contributed by atoms with van der Waals surface area (Å²) in [7, 11) is 0. The Labute approximate surface area is 168 Å². The third kappa shape index (κ3) is 3.85. The third-order valence-electron chi connectivity index (χ3n) is 5.20. The molecular formula is C22H20ClN3O2. The molecule has 5 nitrogen and oxygen atoms in total. The van der Waals surface area contributed by atoms with Crippen molar-refractivity contribution in [2.45, 2.75) is 18.8 Å². The number of carbonyl (C=O) groups excluding carboxylic acids is 2. The van der Waals surface area contributed by atoms with Crippen LogP contribution < -0.4 is 5.32 Å². The molecule has 0 radical (unpaired) electrons. The lowest BCUT2D eigenvalue weighted by Gasteiger charge is -2.32. The number of halogens is 1. The molecule has 1 aliphatic heterocycles. The number of nitrogens with one attached hydrogen (secondary N) is 1. The Kier molecular flexibility index (Phi) is 5.26. The van der Waals surface area contributed by atoms with Crippen molar-refractivity contribution in [1.82, 2.24) is 9.88 Å². The van der Waals surface area contributed by atoms with Crippen LogP contribution in [0.1, 0.15) is 24.3 Å². The standard InChI is InChI=1S/C22H20ClN3O2/c23-16-5-7-17(8-6-16)25-21(27)22(28)26-13-10-15(11-14-26)18-9-12-24-20-4-2-1-3-19(18)20/h1-9,12,15H,10-11,13-14H2,(H,25,27). The van der Waals surface area contributed by atoms with E-state index in [1.165, 1.54) is 5.56 Å². The van der Waals surface area contributed by atoms with E-state index in [1.807, 2.05) is 24.4 Å². The zero-order valence-electron chi connectivity index (χ0n) is 15.3. The molecule has 0 spiro atoms. The quantitative estimate of drug-likeness (QED) is 0.662. The summed E-state index contributed by atoms with van der Waals surface area (Å²) in [6, 6.07) is 16.9. The molecule has 2 heterocycles. The predicted octanol–water partition coefficient (Wildman–Crippen LogP) is 4.23. The number of pyridine rings is 1. The molecule has 2 aromatic carbocycles. The summed E-state index contributed by atoms with van der Waals surface area (Å²) in [6.45, 7) is 1.13. The van der Waals surface area contributed by atoms with Crippen molar-refractivity contribution >= 4 is 40.0 Å². The summed E-state index contributed by atoms with van der Waals surface area (Å²) in [5, 5.41) is 4.38. The van der Waals surface area contributed by atoms with Gasteiger partial charge in [0.15, 0.2) is 0 Å². The van der Waals surface area contributed by atoms with Crippen molar-refractivity contribution in [1.29, 1.82) is 0 Å². The van der Waals surface area contributed by atoms with Crippen LogP contribution in [-0.2, 0) is 9.59 Å². The molecular weight excluding hydrogens is 374 g/mol. The highest BCUT2D eigenvalue weighted by atomic mass is 35.5. The van der Waals surface area contributed by atoms with E-state index in [4.69, 9.17) is 11.6 Å². The van der Waals surface area contributed by atoms with Crippen molar-refractivity contribution < 1.29 is 9.59 Å². The van der Waals surface area contributed by atoms with Crippen LogP contribution in [0.2, 0.25) is 5.02 Å². The molecule has 1 saturated heterocycles. The molecule has 6 heteroatoms. The van der Waals surface area contributed by atoms with E-state index in [2.05, 4.69) is 22.4 Å². The highest BCUT2D eigenvalue weighted by molar-refractivity contribution is 6.39. The minimum absolute atomic E-state index is 0.358. The van der Waals surface area contributed by atoms with Crippen molar-refractivity contribution in [2.75, 3.05) is 18.4 Å². The fourth-order valence-corrected chi connectivity index (χ4v) is 3.85. The molecule has 28 heavy (non-hydrogen) atoms. The summed E-state index contributed by atoms with van der Waals surface area (Å²) >= 11 is 5.84. The number of anilines is 1. The summed E-state index contributed by atoms with van der Waals surface area (Å²) in [4.78, 5) is 30.8. The molecule has 3 aromatic rings. The summed E-state index contributed by atoms with van der Waals surface area (Å²) in [5.74, 6) is -0.751. The second-order valence-electron chi connectivity index (χ2n) is 6.94. The van der Waals surface area contributed by atoms with Crippen LogP contribution in [0, 0.1) is 0 Å². The highest BCUT2D eigenvalue weighted by Crippen LogP contribution is 2.32. The molecule has 0 aliphatic carbocycles. The van der Waals surface area contributed by atoms with Crippen molar-refractivity contribution in [3.63, 3.8) is 0 Å². The minimum atomic E-state index is -0.616. The molecule has 0 bridgehead atoms. The molecule has 1 N–H and O–H groups in total. The second kappa shape index (κ2) is 7.98. The first-order chi connectivity index (χ1) is 13.6. The Morgan fingerprint density at radius 2 is 1.71 bits per heavy atom. The van der Waals surface area contributed by atoms with Crippen LogP contribution in [0.5, 0.6) is 0 Å². The summed E-state index contributed by atoms with van der Waals surface area (Å²) < 4.78 is 0. The summed E-state index contributed by atoms with van der Waals surface area (Å²) in [6.07, 6.45) is 3.50. The maximum atomic E-state index is 12.5. The van der Waals surface area contributed by atoms with E-state index in [1.54, 1.807) is 29.2 Å². The van der Waals surface area contributed by atoms with Gasteiger partial charge in [-0.3, -0.25) is 14.6 Å². The lowest BCUT2D eigenvalue weighted by atomic mass is 9.87. The smallest absolute Gasteiger partial charge is 0.313 e. The lowest BCUT2D eigenvalue weighted by Crippen LogP contribution is -2.43. The first-order valence-electron chi connectivity index (χ1n) is 9.31. The van der Waals surface area contributed by atoms with Gasteiger partial charge in [0.25, 0.3) is 0 Å². The number of fused-ring (bicyclic) bond motifs is 1. The molecule has 1 aliphatic rings. The topological polar surface area (TPSA) is 62.3 Å².